The van der Waals surface area contributed by atoms with Gasteiger partial charge < -0.3 is 10.4 Å². The Bertz CT molecular complexity index is 337. The van der Waals surface area contributed by atoms with Crippen LogP contribution in [0.15, 0.2) is 0 Å². The minimum Gasteiger partial charge on any atom is -0.481 e. The number of carboxylic acids is 1. The molecule has 2 aliphatic carbocycles. The van der Waals surface area contributed by atoms with E-state index in [1.54, 1.807) is 0 Å². The van der Waals surface area contributed by atoms with E-state index in [4.69, 9.17) is 5.11 Å². The highest BCUT2D eigenvalue weighted by atomic mass is 16.4. The zero-order chi connectivity index (χ0) is 14.4. The molecule has 2 saturated carbocycles. The third-order valence-corrected chi connectivity index (χ3v) is 4.89. The van der Waals surface area contributed by atoms with Crippen molar-refractivity contribution in [3.8, 4) is 0 Å². The van der Waals surface area contributed by atoms with Gasteiger partial charge in [-0.1, -0.05) is 32.1 Å². The van der Waals surface area contributed by atoms with Crippen molar-refractivity contribution in [1.29, 1.82) is 0 Å². The SMILES string of the molecule is O=C(CCCC1CCCCC1)NC1CCC(C(=O)O)C1. The normalized spacial score (nSPS) is 27.4. The van der Waals surface area contributed by atoms with Crippen molar-refractivity contribution < 1.29 is 14.7 Å². The summed E-state index contributed by atoms with van der Waals surface area (Å²) in [4.78, 5) is 22.7. The van der Waals surface area contributed by atoms with Crippen LogP contribution < -0.4 is 5.32 Å². The van der Waals surface area contributed by atoms with Crippen molar-refractivity contribution in [2.75, 3.05) is 0 Å². The van der Waals surface area contributed by atoms with Crippen molar-refractivity contribution in [1.82, 2.24) is 5.32 Å². The first-order valence-electron chi connectivity index (χ1n) is 8.17. The van der Waals surface area contributed by atoms with Gasteiger partial charge in [-0.05, 0) is 38.0 Å². The van der Waals surface area contributed by atoms with Crippen LogP contribution in [0, 0.1) is 11.8 Å². The van der Waals surface area contributed by atoms with E-state index in [1.807, 2.05) is 0 Å². The van der Waals surface area contributed by atoms with Crippen molar-refractivity contribution in [2.45, 2.75) is 76.7 Å². The van der Waals surface area contributed by atoms with Crippen LogP contribution in [0.5, 0.6) is 0 Å². The predicted octanol–water partition coefficient (Wildman–Crippen LogP) is 3.11. The Kier molecular flexibility index (Phi) is 5.86. The molecule has 2 aliphatic rings. The van der Waals surface area contributed by atoms with E-state index in [2.05, 4.69) is 5.32 Å². The van der Waals surface area contributed by atoms with Crippen molar-refractivity contribution in [2.24, 2.45) is 11.8 Å². The predicted molar refractivity (Wildman–Crippen MR) is 77.3 cm³/mol. The molecule has 0 bridgehead atoms. The molecule has 114 valence electrons. The number of aliphatic carboxylic acids is 1. The maximum absolute atomic E-state index is 11.9. The Morgan fingerprint density at radius 3 is 2.45 bits per heavy atom. The lowest BCUT2D eigenvalue weighted by Gasteiger charge is -2.21. The Morgan fingerprint density at radius 2 is 1.80 bits per heavy atom. The zero-order valence-electron chi connectivity index (χ0n) is 12.3. The summed E-state index contributed by atoms with van der Waals surface area (Å²) in [5.74, 6) is -0.0437. The first kappa shape index (κ1) is 15.3. The van der Waals surface area contributed by atoms with Gasteiger partial charge in [-0.25, -0.2) is 0 Å². The fourth-order valence-electron chi connectivity index (χ4n) is 3.66. The number of carbonyl (C=O) groups excluding carboxylic acids is 1. The Hall–Kier alpha value is -1.06. The Balaban J connectivity index is 1.57. The molecular weight excluding hydrogens is 254 g/mol. The molecule has 0 aromatic rings. The number of carboxylic acid groups (broad SMARTS) is 1. The molecule has 2 atom stereocenters. The largest absolute Gasteiger partial charge is 0.481 e. The molecule has 0 aliphatic heterocycles. The summed E-state index contributed by atoms with van der Waals surface area (Å²) in [6.07, 6.45) is 11.6. The van der Waals surface area contributed by atoms with Crippen LogP contribution in [0.1, 0.15) is 70.6 Å². The second-order valence-corrected chi connectivity index (χ2v) is 6.51. The molecule has 0 aromatic carbocycles. The first-order valence-corrected chi connectivity index (χ1v) is 8.17. The highest BCUT2D eigenvalue weighted by Crippen LogP contribution is 2.28. The molecule has 0 heterocycles. The summed E-state index contributed by atoms with van der Waals surface area (Å²) >= 11 is 0. The van der Waals surface area contributed by atoms with E-state index in [0.717, 1.165) is 18.8 Å². The molecule has 2 fully saturated rings. The van der Waals surface area contributed by atoms with Gasteiger partial charge in [-0.3, -0.25) is 9.59 Å². The number of nitrogens with one attached hydrogen (secondary N) is 1. The maximum atomic E-state index is 11.9. The van der Waals surface area contributed by atoms with Crippen LogP contribution in [-0.2, 0) is 9.59 Å². The molecule has 4 heteroatoms. The summed E-state index contributed by atoms with van der Waals surface area (Å²) in [6.45, 7) is 0. The molecule has 2 rings (SSSR count). The molecule has 0 spiro atoms. The van der Waals surface area contributed by atoms with E-state index < -0.39 is 5.97 Å². The molecule has 0 radical (unpaired) electrons. The fourth-order valence-corrected chi connectivity index (χ4v) is 3.66. The molecule has 4 nitrogen and oxygen atoms in total. The van der Waals surface area contributed by atoms with Gasteiger partial charge in [0, 0.05) is 12.5 Å². The highest BCUT2D eigenvalue weighted by Gasteiger charge is 2.30. The van der Waals surface area contributed by atoms with Crippen molar-refractivity contribution >= 4 is 11.9 Å². The van der Waals surface area contributed by atoms with Gasteiger partial charge in [0.05, 0.1) is 5.92 Å². The minimum atomic E-state index is -0.723. The molecule has 20 heavy (non-hydrogen) atoms. The van der Waals surface area contributed by atoms with E-state index in [0.29, 0.717) is 19.3 Å². The molecule has 1 amide bonds. The second-order valence-electron chi connectivity index (χ2n) is 6.51. The monoisotopic (exact) mass is 281 g/mol. The standard InChI is InChI=1S/C16H27NO3/c18-15(8-4-7-12-5-2-1-3-6-12)17-14-10-9-13(11-14)16(19)20/h12-14H,1-11H2,(H,17,18)(H,19,20). The third-order valence-electron chi connectivity index (χ3n) is 4.89. The lowest BCUT2D eigenvalue weighted by molar-refractivity contribution is -0.141. The van der Waals surface area contributed by atoms with Crippen molar-refractivity contribution in [3.63, 3.8) is 0 Å². The Morgan fingerprint density at radius 1 is 1.05 bits per heavy atom. The molecule has 2 N–H and O–H groups in total. The van der Waals surface area contributed by atoms with Gasteiger partial charge in [0.25, 0.3) is 0 Å². The number of hydrogen-bond donors (Lipinski definition) is 2. The van der Waals surface area contributed by atoms with Crippen LogP contribution >= 0.6 is 0 Å². The average molecular weight is 281 g/mol. The summed E-state index contributed by atoms with van der Waals surface area (Å²) in [6, 6.07) is 0.0817. The number of carbonyl (C=O) groups is 2. The number of amides is 1. The summed E-state index contributed by atoms with van der Waals surface area (Å²) < 4.78 is 0. The summed E-state index contributed by atoms with van der Waals surface area (Å²) in [7, 11) is 0. The quantitative estimate of drug-likeness (QED) is 0.786. The maximum Gasteiger partial charge on any atom is 0.306 e. The molecule has 2 unspecified atom stereocenters. The smallest absolute Gasteiger partial charge is 0.306 e. The third kappa shape index (κ3) is 4.80. The lowest BCUT2D eigenvalue weighted by Crippen LogP contribution is -2.33. The lowest BCUT2D eigenvalue weighted by atomic mass is 9.86. The molecule has 0 saturated heterocycles. The van der Waals surface area contributed by atoms with Crippen LogP contribution in [-0.4, -0.2) is 23.0 Å². The van der Waals surface area contributed by atoms with Gasteiger partial charge >= 0.3 is 5.97 Å². The first-order chi connectivity index (χ1) is 9.65. The van der Waals surface area contributed by atoms with Gasteiger partial charge in [0.15, 0.2) is 0 Å². The second kappa shape index (κ2) is 7.65. The molecule has 0 aromatic heterocycles. The fraction of sp³-hybridized carbons (Fsp3) is 0.875. The minimum absolute atomic E-state index is 0.0817. The highest BCUT2D eigenvalue weighted by molar-refractivity contribution is 5.76. The zero-order valence-corrected chi connectivity index (χ0v) is 12.3. The van der Waals surface area contributed by atoms with Crippen LogP contribution in [0.25, 0.3) is 0 Å². The van der Waals surface area contributed by atoms with E-state index in [1.165, 1.54) is 38.5 Å². The van der Waals surface area contributed by atoms with Crippen molar-refractivity contribution in [3.05, 3.63) is 0 Å². The van der Waals surface area contributed by atoms with Gasteiger partial charge in [0.2, 0.25) is 5.91 Å². The van der Waals surface area contributed by atoms with Gasteiger partial charge in [-0.2, -0.15) is 0 Å². The van der Waals surface area contributed by atoms with Gasteiger partial charge in [0.1, 0.15) is 0 Å². The summed E-state index contributed by atoms with van der Waals surface area (Å²) in [5, 5.41) is 11.9. The van der Waals surface area contributed by atoms with E-state index in [9.17, 15) is 9.59 Å². The van der Waals surface area contributed by atoms with Crippen LogP contribution in [0.4, 0.5) is 0 Å². The topological polar surface area (TPSA) is 66.4 Å². The Labute approximate surface area is 121 Å². The molecular formula is C16H27NO3. The number of hydrogen-bond acceptors (Lipinski definition) is 2. The van der Waals surface area contributed by atoms with Crippen LogP contribution in [0.2, 0.25) is 0 Å². The van der Waals surface area contributed by atoms with E-state index >= 15 is 0 Å². The summed E-state index contributed by atoms with van der Waals surface area (Å²) in [5.41, 5.74) is 0. The van der Waals surface area contributed by atoms with Crippen LogP contribution in [0.3, 0.4) is 0 Å². The average Bonchev–Trinajstić information content (AvgIpc) is 2.88. The number of rotatable bonds is 6. The van der Waals surface area contributed by atoms with Gasteiger partial charge in [-0.15, -0.1) is 0 Å². The van der Waals surface area contributed by atoms with E-state index in [-0.39, 0.29) is 17.9 Å².